The number of halogens is 4. The molecule has 140 valence electrons. The molecular weight excluding hydrogens is 377 g/mol. The highest BCUT2D eigenvalue weighted by Gasteiger charge is 2.34. The number of nitrogens with one attached hydrogen (secondary N) is 1. The van der Waals surface area contributed by atoms with Gasteiger partial charge in [-0.3, -0.25) is 4.68 Å². The van der Waals surface area contributed by atoms with E-state index in [4.69, 9.17) is 11.6 Å². The third-order valence-electron chi connectivity index (χ3n) is 3.95. The normalized spacial score (nSPS) is 11.9. The predicted molar refractivity (Wildman–Crippen MR) is 101 cm³/mol. The first-order valence-corrected chi connectivity index (χ1v) is 8.40. The number of rotatable bonds is 4. The molecule has 0 amide bonds. The molecular formula is C19H16ClF3N4. The number of anilines is 1. The molecule has 0 aliphatic rings. The van der Waals surface area contributed by atoms with Gasteiger partial charge in [0.25, 0.3) is 0 Å². The van der Waals surface area contributed by atoms with Crippen molar-refractivity contribution < 1.29 is 13.2 Å². The third-order valence-corrected chi connectivity index (χ3v) is 4.30. The van der Waals surface area contributed by atoms with Crippen molar-refractivity contribution in [3.63, 3.8) is 0 Å². The molecule has 0 atom stereocenters. The second kappa shape index (κ2) is 7.44. The number of hydrogen-bond acceptors (Lipinski definition) is 3. The first kappa shape index (κ1) is 19.0. The minimum absolute atomic E-state index is 0.275. The number of hydrogen-bond donors (Lipinski definition) is 1. The first-order valence-electron chi connectivity index (χ1n) is 8.02. The minimum atomic E-state index is -4.51. The number of pyridine rings is 1. The molecule has 0 radical (unpaired) electrons. The van der Waals surface area contributed by atoms with Crippen molar-refractivity contribution in [3.8, 4) is 11.4 Å². The molecule has 0 saturated heterocycles. The summed E-state index contributed by atoms with van der Waals surface area (Å²) in [6, 6.07) is 11.7. The molecule has 4 nitrogen and oxygen atoms in total. The average Bonchev–Trinajstić information content (AvgIpc) is 3.03. The summed E-state index contributed by atoms with van der Waals surface area (Å²) in [5, 5.41) is 7.15. The van der Waals surface area contributed by atoms with Crippen molar-refractivity contribution in [2.24, 2.45) is 7.05 Å². The molecule has 0 aliphatic heterocycles. The minimum Gasteiger partial charge on any atom is -0.386 e. The van der Waals surface area contributed by atoms with Gasteiger partial charge in [-0.05, 0) is 35.9 Å². The van der Waals surface area contributed by atoms with Crippen molar-refractivity contribution in [3.05, 3.63) is 64.4 Å². The maximum absolute atomic E-state index is 12.9. The van der Waals surface area contributed by atoms with Crippen LogP contribution in [0.3, 0.4) is 0 Å². The van der Waals surface area contributed by atoms with Gasteiger partial charge in [0.2, 0.25) is 0 Å². The van der Waals surface area contributed by atoms with E-state index in [1.165, 1.54) is 11.7 Å². The summed E-state index contributed by atoms with van der Waals surface area (Å²) < 4.78 is 39.9. The SMILES string of the molecule is CNc1ccc(-c2cc(C(F)(F)F)nn2C)nc1/C=C/c1ccccc1Cl. The van der Waals surface area contributed by atoms with Gasteiger partial charge in [0.05, 0.1) is 22.8 Å². The summed E-state index contributed by atoms with van der Waals surface area (Å²) in [5.41, 5.74) is 1.83. The monoisotopic (exact) mass is 392 g/mol. The topological polar surface area (TPSA) is 42.7 Å². The summed E-state index contributed by atoms with van der Waals surface area (Å²) >= 11 is 6.15. The summed E-state index contributed by atoms with van der Waals surface area (Å²) in [7, 11) is 3.20. The number of aryl methyl sites for hydroxylation is 1. The third kappa shape index (κ3) is 4.14. The Bertz CT molecular complexity index is 993. The van der Waals surface area contributed by atoms with Crippen LogP contribution in [0.15, 0.2) is 42.5 Å². The van der Waals surface area contributed by atoms with Crippen LogP contribution >= 0.6 is 11.6 Å². The Hall–Kier alpha value is -2.80. The highest BCUT2D eigenvalue weighted by Crippen LogP contribution is 2.31. The van der Waals surface area contributed by atoms with Gasteiger partial charge in [-0.1, -0.05) is 35.9 Å². The molecule has 2 aromatic heterocycles. The van der Waals surface area contributed by atoms with Crippen LogP contribution in [0.25, 0.3) is 23.5 Å². The highest BCUT2D eigenvalue weighted by molar-refractivity contribution is 6.32. The van der Waals surface area contributed by atoms with E-state index in [-0.39, 0.29) is 5.69 Å². The number of aromatic nitrogens is 3. The maximum Gasteiger partial charge on any atom is 0.435 e. The zero-order valence-electron chi connectivity index (χ0n) is 14.5. The van der Waals surface area contributed by atoms with Crippen molar-refractivity contribution in [1.29, 1.82) is 0 Å². The van der Waals surface area contributed by atoms with Gasteiger partial charge in [-0.15, -0.1) is 0 Å². The fourth-order valence-electron chi connectivity index (χ4n) is 2.58. The van der Waals surface area contributed by atoms with Crippen LogP contribution in [-0.2, 0) is 13.2 Å². The van der Waals surface area contributed by atoms with Crippen molar-refractivity contribution >= 4 is 29.4 Å². The maximum atomic E-state index is 12.9. The Morgan fingerprint density at radius 2 is 1.85 bits per heavy atom. The molecule has 1 N–H and O–H groups in total. The van der Waals surface area contributed by atoms with Gasteiger partial charge in [-0.25, -0.2) is 4.98 Å². The Kier molecular flexibility index (Phi) is 5.23. The van der Waals surface area contributed by atoms with Crippen molar-refractivity contribution in [2.75, 3.05) is 12.4 Å². The largest absolute Gasteiger partial charge is 0.435 e. The van der Waals surface area contributed by atoms with E-state index in [2.05, 4.69) is 15.4 Å². The molecule has 0 saturated carbocycles. The van der Waals surface area contributed by atoms with E-state index in [9.17, 15) is 13.2 Å². The van der Waals surface area contributed by atoms with Crippen LogP contribution in [0.1, 0.15) is 17.0 Å². The Morgan fingerprint density at radius 1 is 1.11 bits per heavy atom. The van der Waals surface area contributed by atoms with E-state index >= 15 is 0 Å². The molecule has 0 fully saturated rings. The lowest BCUT2D eigenvalue weighted by molar-refractivity contribution is -0.141. The molecule has 8 heteroatoms. The van der Waals surface area contributed by atoms with Gasteiger partial charge in [-0.2, -0.15) is 18.3 Å². The van der Waals surface area contributed by atoms with Crippen LogP contribution in [0.5, 0.6) is 0 Å². The van der Waals surface area contributed by atoms with Gasteiger partial charge >= 0.3 is 6.18 Å². The summed E-state index contributed by atoms with van der Waals surface area (Å²) in [6.07, 6.45) is -0.940. The lowest BCUT2D eigenvalue weighted by Gasteiger charge is -2.08. The van der Waals surface area contributed by atoms with Gasteiger partial charge in [0, 0.05) is 19.1 Å². The molecule has 0 spiro atoms. The Morgan fingerprint density at radius 3 is 2.48 bits per heavy atom. The summed E-state index contributed by atoms with van der Waals surface area (Å²) in [4.78, 5) is 4.49. The molecule has 2 heterocycles. The van der Waals surface area contributed by atoms with Crippen LogP contribution < -0.4 is 5.32 Å². The van der Waals surface area contributed by atoms with Crippen LogP contribution in [0.2, 0.25) is 5.02 Å². The van der Waals surface area contributed by atoms with E-state index < -0.39 is 11.9 Å². The molecule has 3 aromatic rings. The Balaban J connectivity index is 2.02. The number of nitrogens with zero attached hydrogens (tertiary/aromatic N) is 3. The van der Waals surface area contributed by atoms with Crippen molar-refractivity contribution in [1.82, 2.24) is 14.8 Å². The molecule has 0 bridgehead atoms. The Labute approximate surface area is 159 Å². The summed E-state index contributed by atoms with van der Waals surface area (Å²) in [5.74, 6) is 0. The average molecular weight is 393 g/mol. The van der Waals surface area contributed by atoms with E-state index in [1.54, 1.807) is 37.4 Å². The molecule has 3 rings (SSSR count). The standard InChI is InChI=1S/C19H16ClF3N4/c1-24-14-9-10-16(17-11-18(19(21,22)23)26-27(17)2)25-15(14)8-7-12-5-3-4-6-13(12)20/h3-11,24H,1-2H3/b8-7+. The molecule has 0 unspecified atom stereocenters. The lowest BCUT2D eigenvalue weighted by Crippen LogP contribution is -2.06. The number of alkyl halides is 3. The fraction of sp³-hybridized carbons (Fsp3) is 0.158. The fourth-order valence-corrected chi connectivity index (χ4v) is 2.78. The van der Waals surface area contributed by atoms with Gasteiger partial charge in [0.1, 0.15) is 0 Å². The molecule has 0 aliphatic carbocycles. The smallest absolute Gasteiger partial charge is 0.386 e. The predicted octanol–water partition coefficient (Wildman–Crippen LogP) is 5.37. The van der Waals surface area contributed by atoms with E-state index in [0.29, 0.717) is 16.4 Å². The molecule has 27 heavy (non-hydrogen) atoms. The zero-order valence-corrected chi connectivity index (χ0v) is 15.3. The van der Waals surface area contributed by atoms with Crippen molar-refractivity contribution in [2.45, 2.75) is 6.18 Å². The van der Waals surface area contributed by atoms with Gasteiger partial charge < -0.3 is 5.32 Å². The van der Waals surface area contributed by atoms with E-state index in [0.717, 1.165) is 17.3 Å². The van der Waals surface area contributed by atoms with Crippen LogP contribution in [0.4, 0.5) is 18.9 Å². The van der Waals surface area contributed by atoms with Crippen LogP contribution in [-0.4, -0.2) is 21.8 Å². The second-order valence-electron chi connectivity index (χ2n) is 5.77. The lowest BCUT2D eigenvalue weighted by atomic mass is 10.1. The van der Waals surface area contributed by atoms with E-state index in [1.807, 2.05) is 18.2 Å². The first-order chi connectivity index (χ1) is 12.8. The quantitative estimate of drug-likeness (QED) is 0.649. The number of benzene rings is 1. The van der Waals surface area contributed by atoms with Crippen LogP contribution in [0, 0.1) is 0 Å². The second-order valence-corrected chi connectivity index (χ2v) is 6.18. The van der Waals surface area contributed by atoms with Gasteiger partial charge in [0.15, 0.2) is 5.69 Å². The molecule has 1 aromatic carbocycles. The summed E-state index contributed by atoms with van der Waals surface area (Å²) in [6.45, 7) is 0. The zero-order chi connectivity index (χ0) is 19.6. The highest BCUT2D eigenvalue weighted by atomic mass is 35.5.